The van der Waals surface area contributed by atoms with E-state index < -0.39 is 5.97 Å². The molecule has 0 atom stereocenters. The van der Waals surface area contributed by atoms with E-state index in [1.807, 2.05) is 11.8 Å². The van der Waals surface area contributed by atoms with Crippen LogP contribution in [0, 0.1) is 0 Å². The normalized spacial score (nSPS) is 10.1. The molecule has 0 aromatic heterocycles. The lowest BCUT2D eigenvalue weighted by Gasteiger charge is -2.09. The molecular formula is C13H19NO3S. The lowest BCUT2D eigenvalue weighted by Crippen LogP contribution is -2.05. The van der Waals surface area contributed by atoms with Gasteiger partial charge < -0.3 is 15.2 Å². The molecule has 1 aromatic carbocycles. The molecule has 0 aliphatic heterocycles. The third-order valence-electron chi connectivity index (χ3n) is 2.33. The van der Waals surface area contributed by atoms with Gasteiger partial charge in [0.25, 0.3) is 0 Å². The van der Waals surface area contributed by atoms with Crippen molar-refractivity contribution in [1.82, 2.24) is 0 Å². The standard InChI is InChI=1S/C13H19NO3S/c1-3-18-8-4-7-17-12-6-5-10(9-11(12)14)13(15)16-2/h5-6,9H,3-4,7-8,14H2,1-2H3. The highest BCUT2D eigenvalue weighted by Crippen LogP contribution is 2.23. The van der Waals surface area contributed by atoms with Crippen molar-refractivity contribution in [2.75, 3.05) is 31.0 Å². The highest BCUT2D eigenvalue weighted by Gasteiger charge is 2.08. The predicted molar refractivity (Wildman–Crippen MR) is 75.3 cm³/mol. The van der Waals surface area contributed by atoms with Crippen LogP contribution >= 0.6 is 11.8 Å². The zero-order valence-electron chi connectivity index (χ0n) is 10.8. The van der Waals surface area contributed by atoms with Crippen molar-refractivity contribution in [2.45, 2.75) is 13.3 Å². The molecule has 0 amide bonds. The van der Waals surface area contributed by atoms with Gasteiger partial charge >= 0.3 is 5.97 Å². The van der Waals surface area contributed by atoms with Gasteiger partial charge in [-0.3, -0.25) is 0 Å². The Kier molecular flexibility index (Phi) is 6.43. The first-order chi connectivity index (χ1) is 8.69. The molecule has 0 unspecified atom stereocenters. The van der Waals surface area contributed by atoms with Gasteiger partial charge in [0.1, 0.15) is 5.75 Å². The third-order valence-corrected chi connectivity index (χ3v) is 3.31. The van der Waals surface area contributed by atoms with Gasteiger partial charge in [-0.15, -0.1) is 0 Å². The number of carbonyl (C=O) groups excluding carboxylic acids is 1. The average Bonchev–Trinajstić information content (AvgIpc) is 2.39. The van der Waals surface area contributed by atoms with Crippen LogP contribution < -0.4 is 10.5 Å². The summed E-state index contributed by atoms with van der Waals surface area (Å²) in [6.45, 7) is 2.77. The number of benzene rings is 1. The fourth-order valence-corrected chi connectivity index (χ4v) is 2.02. The molecule has 0 heterocycles. The maximum atomic E-state index is 11.3. The van der Waals surface area contributed by atoms with Crippen molar-refractivity contribution in [2.24, 2.45) is 0 Å². The second-order valence-corrected chi connectivity index (χ2v) is 5.04. The Bertz CT molecular complexity index is 396. The number of rotatable bonds is 7. The van der Waals surface area contributed by atoms with Crippen LogP contribution in [0.5, 0.6) is 5.75 Å². The topological polar surface area (TPSA) is 61.5 Å². The molecule has 1 rings (SSSR count). The van der Waals surface area contributed by atoms with Crippen molar-refractivity contribution in [3.8, 4) is 5.75 Å². The number of hydrogen-bond acceptors (Lipinski definition) is 5. The zero-order chi connectivity index (χ0) is 13.4. The van der Waals surface area contributed by atoms with Gasteiger partial charge in [0.2, 0.25) is 0 Å². The van der Waals surface area contributed by atoms with Gasteiger partial charge in [-0.2, -0.15) is 11.8 Å². The number of thioether (sulfide) groups is 1. The Hall–Kier alpha value is -1.36. The largest absolute Gasteiger partial charge is 0.491 e. The van der Waals surface area contributed by atoms with Crippen molar-refractivity contribution < 1.29 is 14.3 Å². The Labute approximate surface area is 112 Å². The van der Waals surface area contributed by atoms with Crippen LogP contribution in [0.2, 0.25) is 0 Å². The van der Waals surface area contributed by atoms with Crippen molar-refractivity contribution in [3.05, 3.63) is 23.8 Å². The number of nitrogen functional groups attached to an aromatic ring is 1. The first-order valence-corrected chi connectivity index (χ1v) is 7.03. The second kappa shape index (κ2) is 7.87. The van der Waals surface area contributed by atoms with Gasteiger partial charge in [0.15, 0.2) is 0 Å². The Balaban J connectivity index is 2.49. The first kappa shape index (κ1) is 14.7. The summed E-state index contributed by atoms with van der Waals surface area (Å²) in [7, 11) is 1.34. The van der Waals surface area contributed by atoms with Gasteiger partial charge in [0.05, 0.1) is 25.0 Å². The van der Waals surface area contributed by atoms with E-state index in [4.69, 9.17) is 10.5 Å². The molecule has 0 bridgehead atoms. The number of nitrogens with two attached hydrogens (primary N) is 1. The molecular weight excluding hydrogens is 250 g/mol. The molecule has 0 fully saturated rings. The molecule has 0 spiro atoms. The maximum Gasteiger partial charge on any atom is 0.337 e. The SMILES string of the molecule is CCSCCCOc1ccc(C(=O)OC)cc1N. The van der Waals surface area contributed by atoms with Gasteiger partial charge in [-0.1, -0.05) is 6.92 Å². The van der Waals surface area contributed by atoms with Crippen LogP contribution in [-0.2, 0) is 4.74 Å². The van der Waals surface area contributed by atoms with E-state index in [1.165, 1.54) is 7.11 Å². The quantitative estimate of drug-likeness (QED) is 0.468. The Morgan fingerprint density at radius 2 is 2.22 bits per heavy atom. The minimum atomic E-state index is -0.396. The number of hydrogen-bond donors (Lipinski definition) is 1. The number of methoxy groups -OCH3 is 1. The highest BCUT2D eigenvalue weighted by molar-refractivity contribution is 7.99. The van der Waals surface area contributed by atoms with E-state index in [-0.39, 0.29) is 0 Å². The van der Waals surface area contributed by atoms with Gasteiger partial charge in [-0.25, -0.2) is 4.79 Å². The number of carbonyl (C=O) groups is 1. The average molecular weight is 269 g/mol. The van der Waals surface area contributed by atoms with Crippen LogP contribution in [-0.4, -0.2) is 31.2 Å². The van der Waals surface area contributed by atoms with Crippen LogP contribution in [0.25, 0.3) is 0 Å². The minimum absolute atomic E-state index is 0.396. The lowest BCUT2D eigenvalue weighted by molar-refractivity contribution is 0.0601. The van der Waals surface area contributed by atoms with E-state index in [0.29, 0.717) is 23.6 Å². The van der Waals surface area contributed by atoms with Crippen LogP contribution in [0.3, 0.4) is 0 Å². The van der Waals surface area contributed by atoms with Gasteiger partial charge in [0, 0.05) is 0 Å². The molecule has 5 heteroatoms. The molecule has 18 heavy (non-hydrogen) atoms. The summed E-state index contributed by atoms with van der Waals surface area (Å²) in [5.74, 6) is 2.42. The van der Waals surface area contributed by atoms with Crippen LogP contribution in [0.1, 0.15) is 23.7 Å². The molecule has 0 aliphatic carbocycles. The molecule has 2 N–H and O–H groups in total. The minimum Gasteiger partial charge on any atom is -0.491 e. The summed E-state index contributed by atoms with van der Waals surface area (Å²) in [4.78, 5) is 11.3. The Morgan fingerprint density at radius 1 is 1.44 bits per heavy atom. The molecule has 1 aromatic rings. The lowest BCUT2D eigenvalue weighted by atomic mass is 10.2. The van der Waals surface area contributed by atoms with E-state index in [1.54, 1.807) is 18.2 Å². The fourth-order valence-electron chi connectivity index (χ4n) is 1.41. The zero-order valence-corrected chi connectivity index (χ0v) is 11.6. The summed E-state index contributed by atoms with van der Waals surface area (Å²) in [5.41, 5.74) is 6.71. The van der Waals surface area contributed by atoms with Gasteiger partial charge in [-0.05, 0) is 36.1 Å². The van der Waals surface area contributed by atoms with Crippen LogP contribution in [0.4, 0.5) is 5.69 Å². The Morgan fingerprint density at radius 3 is 2.83 bits per heavy atom. The molecule has 100 valence electrons. The molecule has 0 radical (unpaired) electrons. The molecule has 4 nitrogen and oxygen atoms in total. The fraction of sp³-hybridized carbons (Fsp3) is 0.462. The van der Waals surface area contributed by atoms with Crippen molar-refractivity contribution in [1.29, 1.82) is 0 Å². The monoisotopic (exact) mass is 269 g/mol. The summed E-state index contributed by atoms with van der Waals surface area (Å²) >= 11 is 1.88. The van der Waals surface area contributed by atoms with Crippen LogP contribution in [0.15, 0.2) is 18.2 Å². The maximum absolute atomic E-state index is 11.3. The summed E-state index contributed by atoms with van der Waals surface area (Å²) in [6.07, 6.45) is 0.983. The number of anilines is 1. The van der Waals surface area contributed by atoms with E-state index in [2.05, 4.69) is 11.7 Å². The molecule has 0 aliphatic rings. The number of ether oxygens (including phenoxy) is 2. The summed E-state index contributed by atoms with van der Waals surface area (Å²) < 4.78 is 10.2. The molecule has 0 saturated carbocycles. The van der Waals surface area contributed by atoms with Crippen molar-refractivity contribution >= 4 is 23.4 Å². The second-order valence-electron chi connectivity index (χ2n) is 3.64. The van der Waals surface area contributed by atoms with E-state index in [9.17, 15) is 4.79 Å². The van der Waals surface area contributed by atoms with E-state index >= 15 is 0 Å². The smallest absolute Gasteiger partial charge is 0.337 e. The third kappa shape index (κ3) is 4.49. The molecule has 0 saturated heterocycles. The predicted octanol–water partition coefficient (Wildman–Crippen LogP) is 2.58. The first-order valence-electron chi connectivity index (χ1n) is 5.87. The van der Waals surface area contributed by atoms with E-state index in [0.717, 1.165) is 17.9 Å². The summed E-state index contributed by atoms with van der Waals surface area (Å²) in [6, 6.07) is 4.93. The number of esters is 1. The highest BCUT2D eigenvalue weighted by atomic mass is 32.2. The summed E-state index contributed by atoms with van der Waals surface area (Å²) in [5, 5.41) is 0. The van der Waals surface area contributed by atoms with Crippen molar-refractivity contribution in [3.63, 3.8) is 0 Å².